The second-order valence-corrected chi connectivity index (χ2v) is 6.85. The number of rotatable bonds is 2. The minimum atomic E-state index is -0.384. The lowest BCUT2D eigenvalue weighted by atomic mass is 10.1. The van der Waals surface area contributed by atoms with Crippen LogP contribution in [0.5, 0.6) is 0 Å². The van der Waals surface area contributed by atoms with Crippen molar-refractivity contribution in [3.8, 4) is 0 Å². The molecule has 3 nitrogen and oxygen atoms in total. The molecule has 0 fully saturated rings. The van der Waals surface area contributed by atoms with Crippen LogP contribution in [-0.2, 0) is 6.54 Å². The number of benzene rings is 2. The summed E-state index contributed by atoms with van der Waals surface area (Å²) < 4.78 is 13.4. The fraction of sp³-hybridized carbons (Fsp3) is 0.316. The number of guanidine groups is 1. The van der Waals surface area contributed by atoms with Gasteiger partial charge >= 0.3 is 0 Å². The van der Waals surface area contributed by atoms with Crippen LogP contribution >= 0.6 is 11.6 Å². The summed E-state index contributed by atoms with van der Waals surface area (Å²) in [4.78, 5) is 9.25. The predicted molar refractivity (Wildman–Crippen MR) is 97.8 cm³/mol. The third kappa shape index (κ3) is 2.46. The van der Waals surface area contributed by atoms with E-state index in [1.54, 1.807) is 12.1 Å². The SMILES string of the molecule is Cc1cc2c(cc1C)N(Cc1ccc(F)c(Cl)c1)C1=NCCCN12. The zero-order chi connectivity index (χ0) is 16.8. The maximum Gasteiger partial charge on any atom is 0.206 e. The Labute approximate surface area is 146 Å². The zero-order valence-electron chi connectivity index (χ0n) is 13.8. The number of halogens is 2. The summed E-state index contributed by atoms with van der Waals surface area (Å²) in [5.41, 5.74) is 5.89. The van der Waals surface area contributed by atoms with Crippen molar-refractivity contribution in [1.82, 2.24) is 0 Å². The van der Waals surface area contributed by atoms with Crippen molar-refractivity contribution >= 4 is 28.9 Å². The average molecular weight is 344 g/mol. The lowest BCUT2D eigenvalue weighted by Gasteiger charge is -2.27. The van der Waals surface area contributed by atoms with Gasteiger partial charge in [-0.2, -0.15) is 0 Å². The zero-order valence-corrected chi connectivity index (χ0v) is 14.6. The molecule has 5 heteroatoms. The number of aliphatic imine (C=N–C) groups is 1. The largest absolute Gasteiger partial charge is 0.310 e. The van der Waals surface area contributed by atoms with Gasteiger partial charge in [-0.15, -0.1) is 0 Å². The Balaban J connectivity index is 1.78. The summed E-state index contributed by atoms with van der Waals surface area (Å²) >= 11 is 5.95. The van der Waals surface area contributed by atoms with Gasteiger partial charge in [-0.05, 0) is 61.2 Å². The first-order valence-electron chi connectivity index (χ1n) is 8.19. The molecule has 2 aliphatic rings. The molecule has 124 valence electrons. The van der Waals surface area contributed by atoms with Gasteiger partial charge in [-0.3, -0.25) is 4.99 Å². The standard InChI is InChI=1S/C19H19ClFN3/c1-12-8-17-18(9-13(12)2)24(19-22-6-3-7-23(17)19)11-14-4-5-16(21)15(20)10-14/h4-5,8-10H,3,6-7,11H2,1-2H3. The van der Waals surface area contributed by atoms with Gasteiger partial charge in [0.1, 0.15) is 5.82 Å². The molecule has 0 atom stereocenters. The highest BCUT2D eigenvalue weighted by Crippen LogP contribution is 2.41. The molecule has 0 saturated carbocycles. The minimum absolute atomic E-state index is 0.162. The molecular weight excluding hydrogens is 325 g/mol. The Bertz CT molecular complexity index is 847. The Morgan fingerprint density at radius 3 is 2.62 bits per heavy atom. The molecule has 4 rings (SSSR count). The second-order valence-electron chi connectivity index (χ2n) is 6.45. The molecule has 0 saturated heterocycles. The number of fused-ring (bicyclic) bond motifs is 3. The molecule has 24 heavy (non-hydrogen) atoms. The Hall–Kier alpha value is -2.07. The topological polar surface area (TPSA) is 18.8 Å². The van der Waals surface area contributed by atoms with Gasteiger partial charge in [0.25, 0.3) is 0 Å². The van der Waals surface area contributed by atoms with E-state index in [1.807, 2.05) is 0 Å². The number of nitrogens with zero attached hydrogens (tertiary/aromatic N) is 3. The van der Waals surface area contributed by atoms with Gasteiger partial charge < -0.3 is 9.80 Å². The lowest BCUT2D eigenvalue weighted by molar-refractivity contribution is 0.627. The van der Waals surface area contributed by atoms with Crippen molar-refractivity contribution in [2.45, 2.75) is 26.8 Å². The van der Waals surface area contributed by atoms with Gasteiger partial charge in [-0.25, -0.2) is 4.39 Å². The lowest BCUT2D eigenvalue weighted by Crippen LogP contribution is -2.41. The highest BCUT2D eigenvalue weighted by molar-refractivity contribution is 6.30. The quantitative estimate of drug-likeness (QED) is 0.788. The fourth-order valence-corrected chi connectivity index (χ4v) is 3.56. The van der Waals surface area contributed by atoms with Crippen LogP contribution in [0.15, 0.2) is 35.3 Å². The van der Waals surface area contributed by atoms with Crippen LogP contribution in [0.3, 0.4) is 0 Å². The molecule has 0 bridgehead atoms. The summed E-state index contributed by atoms with van der Waals surface area (Å²) in [6, 6.07) is 9.37. The molecule has 0 unspecified atom stereocenters. The molecule has 2 aliphatic heterocycles. The van der Waals surface area contributed by atoms with Crippen molar-refractivity contribution in [2.75, 3.05) is 22.9 Å². The first-order chi connectivity index (χ1) is 11.5. The average Bonchev–Trinajstić information content (AvgIpc) is 2.85. The van der Waals surface area contributed by atoms with Gasteiger partial charge in [0.05, 0.1) is 22.9 Å². The predicted octanol–water partition coefficient (Wildman–Crippen LogP) is 4.68. The summed E-state index contributed by atoms with van der Waals surface area (Å²) in [6.45, 7) is 6.72. The van der Waals surface area contributed by atoms with Gasteiger partial charge in [0.15, 0.2) is 0 Å². The van der Waals surface area contributed by atoms with Gasteiger partial charge in [0.2, 0.25) is 5.96 Å². The molecule has 0 aliphatic carbocycles. The fourth-order valence-electron chi connectivity index (χ4n) is 3.35. The number of hydrogen-bond donors (Lipinski definition) is 0. The van der Waals surface area contributed by atoms with Gasteiger partial charge in [-0.1, -0.05) is 17.7 Å². The number of anilines is 2. The van der Waals surface area contributed by atoms with E-state index in [0.29, 0.717) is 6.54 Å². The van der Waals surface area contributed by atoms with E-state index >= 15 is 0 Å². The minimum Gasteiger partial charge on any atom is -0.310 e. The molecule has 2 aromatic carbocycles. The maximum atomic E-state index is 13.4. The Morgan fingerprint density at radius 2 is 1.88 bits per heavy atom. The third-order valence-electron chi connectivity index (χ3n) is 4.77. The molecule has 2 heterocycles. The van der Waals surface area contributed by atoms with E-state index in [1.165, 1.54) is 28.6 Å². The van der Waals surface area contributed by atoms with Crippen LogP contribution in [0.2, 0.25) is 5.02 Å². The van der Waals surface area contributed by atoms with Crippen molar-refractivity contribution in [3.05, 3.63) is 57.9 Å². The van der Waals surface area contributed by atoms with E-state index in [9.17, 15) is 4.39 Å². The van der Waals surface area contributed by atoms with Crippen LogP contribution in [-0.4, -0.2) is 19.0 Å². The third-order valence-corrected chi connectivity index (χ3v) is 5.06. The van der Waals surface area contributed by atoms with Crippen LogP contribution in [0.4, 0.5) is 15.8 Å². The molecule has 0 aromatic heterocycles. The Morgan fingerprint density at radius 1 is 1.12 bits per heavy atom. The second kappa shape index (κ2) is 5.78. The van der Waals surface area contributed by atoms with Crippen molar-refractivity contribution < 1.29 is 4.39 Å². The van der Waals surface area contributed by atoms with Crippen LogP contribution in [0, 0.1) is 19.7 Å². The first kappa shape index (κ1) is 15.5. The summed E-state index contributed by atoms with van der Waals surface area (Å²) in [5.74, 6) is 0.604. The molecule has 0 radical (unpaired) electrons. The van der Waals surface area contributed by atoms with Crippen LogP contribution in [0.1, 0.15) is 23.1 Å². The summed E-state index contributed by atoms with van der Waals surface area (Å²) in [6.07, 6.45) is 1.06. The van der Waals surface area contributed by atoms with Crippen molar-refractivity contribution in [1.29, 1.82) is 0 Å². The van der Waals surface area contributed by atoms with E-state index in [0.717, 1.165) is 31.0 Å². The molecule has 0 amide bonds. The normalized spacial score (nSPS) is 16.1. The molecule has 0 N–H and O–H groups in total. The highest BCUT2D eigenvalue weighted by Gasteiger charge is 2.34. The maximum absolute atomic E-state index is 13.4. The van der Waals surface area contributed by atoms with E-state index in [2.05, 4.69) is 35.8 Å². The highest BCUT2D eigenvalue weighted by atomic mass is 35.5. The summed E-state index contributed by atoms with van der Waals surface area (Å²) in [5, 5.41) is 0.162. The molecular formula is C19H19ClFN3. The summed E-state index contributed by atoms with van der Waals surface area (Å²) in [7, 11) is 0. The van der Waals surface area contributed by atoms with Crippen LogP contribution in [0.25, 0.3) is 0 Å². The molecule has 0 spiro atoms. The first-order valence-corrected chi connectivity index (χ1v) is 8.57. The smallest absolute Gasteiger partial charge is 0.206 e. The van der Waals surface area contributed by atoms with Crippen molar-refractivity contribution in [2.24, 2.45) is 4.99 Å². The van der Waals surface area contributed by atoms with Gasteiger partial charge in [0, 0.05) is 13.1 Å². The monoisotopic (exact) mass is 343 g/mol. The number of hydrogen-bond acceptors (Lipinski definition) is 3. The van der Waals surface area contributed by atoms with Crippen LogP contribution < -0.4 is 9.80 Å². The molecule has 2 aromatic rings. The number of aryl methyl sites for hydroxylation is 2. The van der Waals surface area contributed by atoms with E-state index in [-0.39, 0.29) is 10.8 Å². The van der Waals surface area contributed by atoms with Crippen molar-refractivity contribution in [3.63, 3.8) is 0 Å². The van der Waals surface area contributed by atoms with E-state index < -0.39 is 0 Å². The van der Waals surface area contributed by atoms with E-state index in [4.69, 9.17) is 16.6 Å². The Kier molecular flexibility index (Phi) is 3.72.